The second-order valence-electron chi connectivity index (χ2n) is 3.98. The minimum Gasteiger partial charge on any atom is -0.477 e. The number of hydrogen-bond acceptors (Lipinski definition) is 3. The number of benzene rings is 1. The Balaban J connectivity index is 2.38. The highest BCUT2D eigenvalue weighted by Crippen LogP contribution is 2.30. The van der Waals surface area contributed by atoms with Gasteiger partial charge < -0.3 is 10.4 Å². The van der Waals surface area contributed by atoms with Crippen LogP contribution in [0, 0.1) is 6.92 Å². The lowest BCUT2D eigenvalue weighted by atomic mass is 10.2. The number of anilines is 1. The molecule has 1 heterocycles. The van der Waals surface area contributed by atoms with Crippen LogP contribution in [-0.2, 0) is 0 Å². The lowest BCUT2D eigenvalue weighted by Gasteiger charge is -2.09. The van der Waals surface area contributed by atoms with Gasteiger partial charge in [-0.25, -0.2) is 4.79 Å². The Morgan fingerprint density at radius 3 is 2.40 bits per heavy atom. The molecule has 0 radical (unpaired) electrons. The molecule has 7 heteroatoms. The molecule has 0 aliphatic rings. The number of hydrogen-bond donors (Lipinski definition) is 2. The second kappa shape index (κ2) is 5.83. The van der Waals surface area contributed by atoms with E-state index in [4.69, 9.17) is 28.3 Å². The zero-order chi connectivity index (χ0) is 14.9. The van der Waals surface area contributed by atoms with Crippen molar-refractivity contribution in [3.05, 3.63) is 49.6 Å². The van der Waals surface area contributed by atoms with Gasteiger partial charge in [-0.1, -0.05) is 29.3 Å². The number of thiophene rings is 1. The molecule has 0 saturated carbocycles. The molecule has 1 amide bonds. The van der Waals surface area contributed by atoms with Gasteiger partial charge in [-0.05, 0) is 30.0 Å². The van der Waals surface area contributed by atoms with Crippen LogP contribution in [0.15, 0.2) is 23.6 Å². The predicted octanol–water partition coefficient (Wildman–Crippen LogP) is 4.31. The van der Waals surface area contributed by atoms with Gasteiger partial charge in [-0.3, -0.25) is 4.79 Å². The zero-order valence-corrected chi connectivity index (χ0v) is 12.6. The van der Waals surface area contributed by atoms with Crippen LogP contribution < -0.4 is 5.32 Å². The number of rotatable bonds is 3. The molecule has 0 saturated heterocycles. The monoisotopic (exact) mass is 329 g/mol. The van der Waals surface area contributed by atoms with Gasteiger partial charge in [0, 0.05) is 0 Å². The summed E-state index contributed by atoms with van der Waals surface area (Å²) in [5.74, 6) is -1.63. The van der Waals surface area contributed by atoms with Crippen molar-refractivity contribution in [2.75, 3.05) is 5.32 Å². The van der Waals surface area contributed by atoms with Crippen LogP contribution in [0.1, 0.15) is 25.6 Å². The molecule has 1 aromatic carbocycles. The minimum absolute atomic E-state index is 0.0685. The topological polar surface area (TPSA) is 66.4 Å². The molecule has 4 nitrogen and oxygen atoms in total. The number of aromatic carboxylic acids is 1. The lowest BCUT2D eigenvalue weighted by Crippen LogP contribution is -2.15. The minimum atomic E-state index is -1.09. The van der Waals surface area contributed by atoms with Gasteiger partial charge in [-0.2, -0.15) is 0 Å². The SMILES string of the molecule is Cc1csc(C(=O)O)c1NC(=O)c1c(Cl)cccc1Cl. The van der Waals surface area contributed by atoms with Crippen molar-refractivity contribution < 1.29 is 14.7 Å². The van der Waals surface area contributed by atoms with E-state index in [-0.39, 0.29) is 26.2 Å². The molecule has 0 aliphatic heterocycles. The summed E-state index contributed by atoms with van der Waals surface area (Å²) in [6.45, 7) is 1.72. The molecule has 0 spiro atoms. The third kappa shape index (κ3) is 2.80. The van der Waals surface area contributed by atoms with E-state index in [1.165, 1.54) is 0 Å². The summed E-state index contributed by atoms with van der Waals surface area (Å²) in [5, 5.41) is 13.7. The Hall–Kier alpha value is -1.56. The molecule has 2 N–H and O–H groups in total. The average Bonchev–Trinajstić information content (AvgIpc) is 2.71. The maximum Gasteiger partial charge on any atom is 0.348 e. The Kier molecular flexibility index (Phi) is 4.32. The van der Waals surface area contributed by atoms with Crippen molar-refractivity contribution in [3.8, 4) is 0 Å². The number of carbonyl (C=O) groups excluding carboxylic acids is 1. The number of halogens is 2. The normalized spacial score (nSPS) is 10.3. The number of carbonyl (C=O) groups is 2. The van der Waals surface area contributed by atoms with Gasteiger partial charge in [0.2, 0.25) is 0 Å². The van der Waals surface area contributed by atoms with Crippen LogP contribution >= 0.6 is 34.5 Å². The van der Waals surface area contributed by atoms with Gasteiger partial charge in [0.05, 0.1) is 21.3 Å². The Labute approximate surface area is 128 Å². The van der Waals surface area contributed by atoms with Crippen LogP contribution in [0.25, 0.3) is 0 Å². The summed E-state index contributed by atoms with van der Waals surface area (Å²) >= 11 is 12.9. The van der Waals surface area contributed by atoms with E-state index in [9.17, 15) is 9.59 Å². The third-order valence-corrected chi connectivity index (χ3v) is 4.31. The van der Waals surface area contributed by atoms with E-state index in [0.29, 0.717) is 5.56 Å². The fourth-order valence-electron chi connectivity index (χ4n) is 1.65. The second-order valence-corrected chi connectivity index (χ2v) is 5.67. The smallest absolute Gasteiger partial charge is 0.348 e. The van der Waals surface area contributed by atoms with Crippen molar-refractivity contribution in [3.63, 3.8) is 0 Å². The maximum atomic E-state index is 12.2. The molecular formula is C13H9Cl2NO3S. The van der Waals surface area contributed by atoms with E-state index in [1.807, 2.05) is 0 Å². The van der Waals surface area contributed by atoms with Crippen molar-refractivity contribution in [1.82, 2.24) is 0 Å². The number of nitrogens with one attached hydrogen (secondary N) is 1. The standard InChI is InChI=1S/C13H9Cl2NO3S/c1-6-5-20-11(13(18)19)10(6)16-12(17)9-7(14)3-2-4-8(9)15/h2-5H,1H3,(H,16,17)(H,18,19). The number of carboxylic acid groups (broad SMARTS) is 1. The summed E-state index contributed by atoms with van der Waals surface area (Å²) in [6.07, 6.45) is 0. The van der Waals surface area contributed by atoms with Crippen LogP contribution in [0.3, 0.4) is 0 Å². The van der Waals surface area contributed by atoms with Crippen molar-refractivity contribution in [2.45, 2.75) is 6.92 Å². The average molecular weight is 330 g/mol. The van der Waals surface area contributed by atoms with Gasteiger partial charge in [-0.15, -0.1) is 11.3 Å². The highest BCUT2D eigenvalue weighted by molar-refractivity contribution is 7.12. The Morgan fingerprint density at radius 2 is 1.85 bits per heavy atom. The lowest BCUT2D eigenvalue weighted by molar-refractivity contribution is 0.0703. The summed E-state index contributed by atoms with van der Waals surface area (Å²) in [4.78, 5) is 23.4. The third-order valence-electron chi connectivity index (χ3n) is 2.60. The fraction of sp³-hybridized carbons (Fsp3) is 0.0769. The fourth-order valence-corrected chi connectivity index (χ4v) is 3.06. The summed E-state index contributed by atoms with van der Waals surface area (Å²) in [7, 11) is 0. The van der Waals surface area contributed by atoms with E-state index in [2.05, 4.69) is 5.32 Å². The highest BCUT2D eigenvalue weighted by Gasteiger charge is 2.20. The zero-order valence-electron chi connectivity index (χ0n) is 10.2. The largest absolute Gasteiger partial charge is 0.477 e. The summed E-state index contributed by atoms with van der Waals surface area (Å²) in [5.41, 5.74) is 1.06. The van der Waals surface area contributed by atoms with Crippen LogP contribution in [0.4, 0.5) is 5.69 Å². The van der Waals surface area contributed by atoms with Gasteiger partial charge in [0.1, 0.15) is 4.88 Å². The summed E-state index contributed by atoms with van der Waals surface area (Å²) < 4.78 is 0. The van der Waals surface area contributed by atoms with Crippen molar-refractivity contribution in [2.24, 2.45) is 0 Å². The van der Waals surface area contributed by atoms with Crippen molar-refractivity contribution >= 4 is 52.1 Å². The predicted molar refractivity (Wildman–Crippen MR) is 80.4 cm³/mol. The van der Waals surface area contributed by atoms with E-state index in [1.54, 1.807) is 30.5 Å². The molecule has 0 fully saturated rings. The molecule has 2 aromatic rings. The number of amides is 1. The van der Waals surface area contributed by atoms with Crippen LogP contribution in [0.2, 0.25) is 10.0 Å². The van der Waals surface area contributed by atoms with Crippen molar-refractivity contribution in [1.29, 1.82) is 0 Å². The number of aryl methyl sites for hydroxylation is 1. The first-order valence-electron chi connectivity index (χ1n) is 5.48. The quantitative estimate of drug-likeness (QED) is 0.881. The maximum absolute atomic E-state index is 12.2. The van der Waals surface area contributed by atoms with E-state index >= 15 is 0 Å². The van der Waals surface area contributed by atoms with Gasteiger partial charge in [0.15, 0.2) is 0 Å². The van der Waals surface area contributed by atoms with Crippen LogP contribution in [-0.4, -0.2) is 17.0 Å². The van der Waals surface area contributed by atoms with Crippen LogP contribution in [0.5, 0.6) is 0 Å². The number of carboxylic acids is 1. The Bertz CT molecular complexity index is 677. The molecule has 20 heavy (non-hydrogen) atoms. The molecule has 2 rings (SSSR count). The molecule has 0 bridgehead atoms. The summed E-state index contributed by atoms with van der Waals surface area (Å²) in [6, 6.07) is 4.71. The first kappa shape index (κ1) is 14.8. The molecular weight excluding hydrogens is 321 g/mol. The molecule has 0 atom stereocenters. The highest BCUT2D eigenvalue weighted by atomic mass is 35.5. The van der Waals surface area contributed by atoms with E-state index < -0.39 is 11.9 Å². The van der Waals surface area contributed by atoms with Gasteiger partial charge >= 0.3 is 5.97 Å². The first-order chi connectivity index (χ1) is 9.41. The van der Waals surface area contributed by atoms with E-state index in [0.717, 1.165) is 11.3 Å². The first-order valence-corrected chi connectivity index (χ1v) is 7.12. The molecule has 1 aromatic heterocycles. The van der Waals surface area contributed by atoms with Gasteiger partial charge in [0.25, 0.3) is 5.91 Å². The molecule has 0 aliphatic carbocycles. The Morgan fingerprint density at radius 1 is 1.25 bits per heavy atom. The molecule has 104 valence electrons. The molecule has 0 unspecified atom stereocenters.